The Labute approximate surface area is 94.3 Å². The van der Waals surface area contributed by atoms with Crippen LogP contribution in [0, 0.1) is 0 Å². The van der Waals surface area contributed by atoms with Gasteiger partial charge in [-0.05, 0) is 19.1 Å². The van der Waals surface area contributed by atoms with Crippen molar-refractivity contribution in [2.24, 2.45) is 5.73 Å². The molecule has 0 saturated heterocycles. The monoisotopic (exact) mass is 217 g/mol. The fourth-order valence-corrected chi connectivity index (χ4v) is 1.41. The molecule has 0 aliphatic rings. The maximum atomic E-state index is 5.71. The van der Waals surface area contributed by atoms with Crippen molar-refractivity contribution in [3.05, 3.63) is 42.0 Å². The van der Waals surface area contributed by atoms with E-state index in [1.165, 1.54) is 0 Å². The third kappa shape index (κ3) is 2.64. The lowest BCUT2D eigenvalue weighted by Crippen LogP contribution is -2.05. The topological polar surface area (TPSA) is 69.6 Å². The van der Waals surface area contributed by atoms with E-state index in [0.717, 1.165) is 24.4 Å². The summed E-state index contributed by atoms with van der Waals surface area (Å²) < 4.78 is 1.80. The Balaban J connectivity index is 1.95. The Kier molecular flexibility index (Phi) is 3.26. The highest BCUT2D eigenvalue weighted by Crippen LogP contribution is 2.04. The molecule has 5 nitrogen and oxygen atoms in total. The van der Waals surface area contributed by atoms with Gasteiger partial charge in [0.15, 0.2) is 0 Å². The van der Waals surface area contributed by atoms with Crippen molar-refractivity contribution in [3.63, 3.8) is 0 Å². The average Bonchev–Trinajstić information content (AvgIpc) is 2.76. The number of rotatable bonds is 4. The van der Waals surface area contributed by atoms with Gasteiger partial charge in [0.1, 0.15) is 0 Å². The predicted molar refractivity (Wildman–Crippen MR) is 60.6 cm³/mol. The molecule has 0 saturated carbocycles. The molecule has 0 amide bonds. The molecule has 1 atom stereocenters. The smallest absolute Gasteiger partial charge is 0.0991 e. The molecule has 2 aromatic rings. The molecule has 0 bridgehead atoms. The third-order valence-corrected chi connectivity index (χ3v) is 2.35. The Morgan fingerprint density at radius 3 is 2.94 bits per heavy atom. The van der Waals surface area contributed by atoms with Gasteiger partial charge in [0.2, 0.25) is 0 Å². The first-order valence-corrected chi connectivity index (χ1v) is 5.31. The summed E-state index contributed by atoms with van der Waals surface area (Å²) in [6.45, 7) is 2.67. The number of nitrogens with zero attached hydrogens (tertiary/aromatic N) is 4. The lowest BCUT2D eigenvalue weighted by molar-refractivity contribution is 0.584. The number of pyridine rings is 1. The van der Waals surface area contributed by atoms with Crippen LogP contribution in [0.3, 0.4) is 0 Å². The van der Waals surface area contributed by atoms with Crippen LogP contribution in [-0.4, -0.2) is 20.0 Å². The van der Waals surface area contributed by atoms with E-state index in [1.54, 1.807) is 10.9 Å². The van der Waals surface area contributed by atoms with Gasteiger partial charge in [-0.25, -0.2) is 0 Å². The second kappa shape index (κ2) is 4.85. The molecular weight excluding hydrogens is 202 g/mol. The van der Waals surface area contributed by atoms with Crippen LogP contribution < -0.4 is 5.73 Å². The Bertz CT molecular complexity index is 435. The Hall–Kier alpha value is -1.75. The van der Waals surface area contributed by atoms with Crippen LogP contribution in [0.2, 0.25) is 0 Å². The number of aromatic nitrogens is 4. The van der Waals surface area contributed by atoms with Gasteiger partial charge in [0.25, 0.3) is 0 Å². The summed E-state index contributed by atoms with van der Waals surface area (Å²) in [5, 5.41) is 8.01. The minimum atomic E-state index is -0.0661. The van der Waals surface area contributed by atoms with Crippen molar-refractivity contribution in [2.75, 3.05) is 0 Å². The summed E-state index contributed by atoms with van der Waals surface area (Å²) >= 11 is 0. The van der Waals surface area contributed by atoms with Crippen LogP contribution >= 0.6 is 0 Å². The van der Waals surface area contributed by atoms with Crippen molar-refractivity contribution in [1.29, 1.82) is 0 Å². The SMILES string of the molecule is CC(N)c1cn(CCc2ccccn2)nn1. The molecule has 0 aromatic carbocycles. The molecule has 2 aromatic heterocycles. The second-order valence-electron chi connectivity index (χ2n) is 3.77. The van der Waals surface area contributed by atoms with Gasteiger partial charge in [0, 0.05) is 30.9 Å². The van der Waals surface area contributed by atoms with Gasteiger partial charge in [0.05, 0.1) is 11.9 Å². The standard InChI is InChI=1S/C11H15N5/c1-9(12)11-8-16(15-14-11)7-5-10-4-2-3-6-13-10/h2-4,6,8-9H,5,7,12H2,1H3. The molecule has 2 rings (SSSR count). The zero-order valence-electron chi connectivity index (χ0n) is 9.24. The highest BCUT2D eigenvalue weighted by atomic mass is 15.4. The van der Waals surface area contributed by atoms with Gasteiger partial charge in [-0.2, -0.15) is 0 Å². The van der Waals surface area contributed by atoms with Crippen LogP contribution in [0.5, 0.6) is 0 Å². The van der Waals surface area contributed by atoms with Gasteiger partial charge in [-0.15, -0.1) is 5.10 Å². The average molecular weight is 217 g/mol. The molecule has 2 N–H and O–H groups in total. The Morgan fingerprint density at radius 2 is 2.31 bits per heavy atom. The van der Waals surface area contributed by atoms with Gasteiger partial charge < -0.3 is 5.73 Å². The molecular formula is C11H15N5. The molecule has 5 heteroatoms. The fraction of sp³-hybridized carbons (Fsp3) is 0.364. The van der Waals surface area contributed by atoms with Gasteiger partial charge >= 0.3 is 0 Å². The summed E-state index contributed by atoms with van der Waals surface area (Å²) in [5.41, 5.74) is 7.58. The van der Waals surface area contributed by atoms with Crippen molar-refractivity contribution >= 4 is 0 Å². The summed E-state index contributed by atoms with van der Waals surface area (Å²) in [5.74, 6) is 0. The normalized spacial score (nSPS) is 12.6. The first-order chi connectivity index (χ1) is 7.75. The highest BCUT2D eigenvalue weighted by molar-refractivity contribution is 5.03. The minimum absolute atomic E-state index is 0.0661. The van der Waals surface area contributed by atoms with E-state index in [1.807, 2.05) is 31.3 Å². The third-order valence-electron chi connectivity index (χ3n) is 2.35. The number of hydrogen-bond acceptors (Lipinski definition) is 4. The molecule has 0 aliphatic carbocycles. The highest BCUT2D eigenvalue weighted by Gasteiger charge is 2.04. The van der Waals surface area contributed by atoms with Gasteiger partial charge in [-0.1, -0.05) is 11.3 Å². The van der Waals surface area contributed by atoms with E-state index in [2.05, 4.69) is 15.3 Å². The van der Waals surface area contributed by atoms with Gasteiger partial charge in [-0.3, -0.25) is 9.67 Å². The van der Waals surface area contributed by atoms with Crippen LogP contribution in [0.25, 0.3) is 0 Å². The lowest BCUT2D eigenvalue weighted by Gasteiger charge is -2.00. The van der Waals surface area contributed by atoms with Crippen LogP contribution in [-0.2, 0) is 13.0 Å². The van der Waals surface area contributed by atoms with E-state index in [4.69, 9.17) is 5.73 Å². The summed E-state index contributed by atoms with van der Waals surface area (Å²) in [6.07, 6.45) is 4.53. The number of aryl methyl sites for hydroxylation is 2. The van der Waals surface area contributed by atoms with E-state index in [0.29, 0.717) is 0 Å². The predicted octanol–water partition coefficient (Wildman–Crippen LogP) is 0.936. The van der Waals surface area contributed by atoms with E-state index in [9.17, 15) is 0 Å². The molecule has 0 aliphatic heterocycles. The van der Waals surface area contributed by atoms with Crippen molar-refractivity contribution in [3.8, 4) is 0 Å². The minimum Gasteiger partial charge on any atom is -0.323 e. The van der Waals surface area contributed by atoms with E-state index >= 15 is 0 Å². The van der Waals surface area contributed by atoms with Crippen molar-refractivity contribution < 1.29 is 0 Å². The summed E-state index contributed by atoms with van der Waals surface area (Å²) in [7, 11) is 0. The molecule has 0 radical (unpaired) electrons. The lowest BCUT2D eigenvalue weighted by atomic mass is 10.2. The molecule has 16 heavy (non-hydrogen) atoms. The zero-order valence-corrected chi connectivity index (χ0v) is 9.24. The van der Waals surface area contributed by atoms with Crippen LogP contribution in [0.15, 0.2) is 30.6 Å². The largest absolute Gasteiger partial charge is 0.323 e. The summed E-state index contributed by atoms with van der Waals surface area (Å²) in [4.78, 5) is 4.25. The number of nitrogens with two attached hydrogens (primary N) is 1. The molecule has 0 fully saturated rings. The number of hydrogen-bond donors (Lipinski definition) is 1. The Morgan fingerprint density at radius 1 is 1.44 bits per heavy atom. The summed E-state index contributed by atoms with van der Waals surface area (Å²) in [6, 6.07) is 5.83. The van der Waals surface area contributed by atoms with Crippen LogP contribution in [0.4, 0.5) is 0 Å². The fourth-order valence-electron chi connectivity index (χ4n) is 1.41. The first-order valence-electron chi connectivity index (χ1n) is 5.31. The molecule has 84 valence electrons. The maximum Gasteiger partial charge on any atom is 0.0991 e. The maximum absolute atomic E-state index is 5.71. The van der Waals surface area contributed by atoms with Crippen molar-refractivity contribution in [1.82, 2.24) is 20.0 Å². The zero-order chi connectivity index (χ0) is 11.4. The molecule has 2 heterocycles. The van der Waals surface area contributed by atoms with E-state index < -0.39 is 0 Å². The van der Waals surface area contributed by atoms with E-state index in [-0.39, 0.29) is 6.04 Å². The second-order valence-corrected chi connectivity index (χ2v) is 3.77. The van der Waals surface area contributed by atoms with Crippen molar-refractivity contribution in [2.45, 2.75) is 25.9 Å². The quantitative estimate of drug-likeness (QED) is 0.827. The van der Waals surface area contributed by atoms with Crippen LogP contribution in [0.1, 0.15) is 24.4 Å². The molecule has 1 unspecified atom stereocenters. The molecule has 0 spiro atoms. The first kappa shape index (κ1) is 10.8.